The first kappa shape index (κ1) is 35.9. The number of unbranched alkanes of at least 4 members (excludes halogenated alkanes) is 11. The number of aliphatic hydroxyl groups is 3. The molecule has 0 aromatic carbocycles. The van der Waals surface area contributed by atoms with Gasteiger partial charge >= 0.3 is 11.9 Å². The summed E-state index contributed by atoms with van der Waals surface area (Å²) in [7, 11) is 0. The second-order valence-electron chi connectivity index (χ2n) is 15.4. The molecule has 0 aromatic rings. The molecule has 5 fully saturated rings. The van der Waals surface area contributed by atoms with Crippen molar-refractivity contribution in [1.82, 2.24) is 0 Å². The lowest BCUT2D eigenvalue weighted by atomic mass is 9.53. The van der Waals surface area contributed by atoms with Crippen molar-refractivity contribution in [1.29, 1.82) is 0 Å². The zero-order valence-electron chi connectivity index (χ0n) is 29.4. The Bertz CT molecular complexity index is 1340. The van der Waals surface area contributed by atoms with Crippen LogP contribution < -0.4 is 0 Å². The fourth-order valence-corrected chi connectivity index (χ4v) is 9.96. The molecule has 3 N–H and O–H groups in total. The third-order valence-electron chi connectivity index (χ3n) is 12.4. The van der Waals surface area contributed by atoms with Crippen LogP contribution in [0.15, 0.2) is 36.0 Å². The van der Waals surface area contributed by atoms with E-state index in [4.69, 9.17) is 23.7 Å². The van der Waals surface area contributed by atoms with Gasteiger partial charge in [-0.1, -0.05) is 96.8 Å². The van der Waals surface area contributed by atoms with Crippen LogP contribution in [0.2, 0.25) is 0 Å². The van der Waals surface area contributed by atoms with Crippen molar-refractivity contribution in [3.05, 3.63) is 36.0 Å². The van der Waals surface area contributed by atoms with E-state index >= 15 is 0 Å². The van der Waals surface area contributed by atoms with Crippen molar-refractivity contribution in [2.75, 3.05) is 6.61 Å². The van der Waals surface area contributed by atoms with Crippen LogP contribution in [0.25, 0.3) is 0 Å². The summed E-state index contributed by atoms with van der Waals surface area (Å²) in [5, 5.41) is 34.7. The fraction of sp³-hybridized carbons (Fsp3) is 0.789. The molecule has 2 saturated carbocycles. The van der Waals surface area contributed by atoms with Crippen molar-refractivity contribution < 1.29 is 48.6 Å². The van der Waals surface area contributed by atoms with Gasteiger partial charge in [0.15, 0.2) is 17.0 Å². The lowest BCUT2D eigenvalue weighted by molar-refractivity contribution is -0.407. The van der Waals surface area contributed by atoms with E-state index in [-0.39, 0.29) is 5.57 Å². The number of ether oxygens (including phenoxy) is 5. The quantitative estimate of drug-likeness (QED) is 0.0890. The molecule has 3 aliphatic carbocycles. The number of epoxide rings is 1. The minimum absolute atomic E-state index is 0.263. The van der Waals surface area contributed by atoms with Crippen LogP contribution in [-0.2, 0) is 33.3 Å². The van der Waals surface area contributed by atoms with Gasteiger partial charge in [-0.2, -0.15) is 0 Å². The Morgan fingerprint density at radius 1 is 1.00 bits per heavy atom. The van der Waals surface area contributed by atoms with Crippen LogP contribution in [0.5, 0.6) is 0 Å². The summed E-state index contributed by atoms with van der Waals surface area (Å²) >= 11 is 0. The molecule has 6 aliphatic rings. The molecular formula is C38H56O10. The van der Waals surface area contributed by atoms with Gasteiger partial charge in [-0.25, -0.2) is 0 Å². The third kappa shape index (κ3) is 5.07. The van der Waals surface area contributed by atoms with E-state index in [0.29, 0.717) is 5.57 Å². The summed E-state index contributed by atoms with van der Waals surface area (Å²) in [6.45, 7) is 12.4. The summed E-state index contributed by atoms with van der Waals surface area (Å²) in [6.07, 6.45) is 15.4. The van der Waals surface area contributed by atoms with Crippen molar-refractivity contribution in [3.63, 3.8) is 0 Å². The van der Waals surface area contributed by atoms with E-state index in [9.17, 15) is 24.9 Å². The highest BCUT2D eigenvalue weighted by molar-refractivity contribution is 6.05. The van der Waals surface area contributed by atoms with Crippen molar-refractivity contribution >= 4 is 11.8 Å². The molecule has 268 valence electrons. The van der Waals surface area contributed by atoms with Gasteiger partial charge in [-0.05, 0) is 37.8 Å². The van der Waals surface area contributed by atoms with Crippen LogP contribution in [0.4, 0.5) is 0 Å². The Morgan fingerprint density at radius 2 is 1.62 bits per heavy atom. The largest absolute Gasteiger partial charge is 0.459 e. The van der Waals surface area contributed by atoms with Gasteiger partial charge in [0.25, 0.3) is 0 Å². The first-order valence-electron chi connectivity index (χ1n) is 18.3. The Balaban J connectivity index is 1.28. The first-order valence-corrected chi connectivity index (χ1v) is 18.3. The SMILES string of the molecule is C=C(C)[C@@]12O[C@@]3(/C=C/CCCCCCCCCCCCC)O[C@@H]1[C@H]1[C@@H]4O[C@]4(CO)[C@@H](O)[C@]4(O)C(=O)C(C)=C[C@H]4[C@@]1(O3)[C@H](C)[C@H]2OC(C)=O. The number of rotatable bonds is 16. The average molecular weight is 673 g/mol. The van der Waals surface area contributed by atoms with Crippen molar-refractivity contribution in [2.24, 2.45) is 17.8 Å². The summed E-state index contributed by atoms with van der Waals surface area (Å²) < 4.78 is 32.8. The molecular weight excluding hydrogens is 616 g/mol. The minimum atomic E-state index is -2.37. The molecule has 3 bridgehead atoms. The van der Waals surface area contributed by atoms with E-state index in [1.54, 1.807) is 26.0 Å². The number of allylic oxidation sites excluding steroid dienone is 1. The summed E-state index contributed by atoms with van der Waals surface area (Å²) in [4.78, 5) is 26.4. The number of fused-ring (bicyclic) bond motifs is 3. The molecule has 0 aromatic heterocycles. The van der Waals surface area contributed by atoms with Gasteiger partial charge in [0.05, 0.1) is 12.2 Å². The number of aliphatic hydroxyl groups excluding tert-OH is 2. The van der Waals surface area contributed by atoms with E-state index in [1.165, 1.54) is 64.7 Å². The van der Waals surface area contributed by atoms with Gasteiger partial charge < -0.3 is 39.0 Å². The van der Waals surface area contributed by atoms with E-state index < -0.39 is 88.9 Å². The van der Waals surface area contributed by atoms with Gasteiger partial charge in [0.2, 0.25) is 0 Å². The Kier molecular flexibility index (Phi) is 9.72. The standard InChI is InChI=1S/C38H56O10/c1-7-8-9-10-11-12-13-14-15-16-17-18-19-20-35-46-32-28-31-34(22-39,45-31)33(42)36(43)27(21-24(4)29(36)41)38(28,48-35)25(5)30(44-26(6)40)37(32,47-35)23(2)3/h19-21,25,27-28,30-33,39,42-43H,2,7-18,22H2,1,3-6H3/b20-19+/t25-,27-,28-,30-,31+,32-,33-,34+,35-,36-,37+,38+/m1/s1. The smallest absolute Gasteiger partial charge is 0.306 e. The minimum Gasteiger partial charge on any atom is -0.459 e. The van der Waals surface area contributed by atoms with Crippen molar-refractivity contribution in [2.45, 2.75) is 164 Å². The number of carbonyl (C=O) groups excluding carboxylic acids is 2. The first-order chi connectivity index (χ1) is 22.8. The molecule has 10 heteroatoms. The molecule has 3 aliphatic heterocycles. The lowest BCUT2D eigenvalue weighted by Crippen LogP contribution is -2.76. The maximum absolute atomic E-state index is 13.7. The van der Waals surface area contributed by atoms with Gasteiger partial charge in [0, 0.05) is 30.8 Å². The summed E-state index contributed by atoms with van der Waals surface area (Å²) in [5.74, 6) is -5.46. The molecule has 6 rings (SSSR count). The highest BCUT2D eigenvalue weighted by atomic mass is 16.9. The monoisotopic (exact) mass is 672 g/mol. The number of esters is 1. The van der Waals surface area contributed by atoms with E-state index in [0.717, 1.165) is 19.3 Å². The second-order valence-corrected chi connectivity index (χ2v) is 15.4. The average Bonchev–Trinajstić information content (AvgIpc) is 3.67. The molecule has 0 spiro atoms. The molecule has 48 heavy (non-hydrogen) atoms. The van der Waals surface area contributed by atoms with Gasteiger partial charge in [0.1, 0.15) is 30.0 Å². The van der Waals surface area contributed by atoms with Crippen LogP contribution in [0.3, 0.4) is 0 Å². The topological polar surface area (TPSA) is 144 Å². The number of ketones is 1. The summed E-state index contributed by atoms with van der Waals surface area (Å²) in [6, 6.07) is 0. The second kappa shape index (κ2) is 13.0. The summed E-state index contributed by atoms with van der Waals surface area (Å²) in [5.41, 5.74) is -6.03. The maximum atomic E-state index is 13.7. The predicted octanol–water partition coefficient (Wildman–Crippen LogP) is 4.98. The molecule has 12 atom stereocenters. The number of hydrogen-bond acceptors (Lipinski definition) is 10. The van der Waals surface area contributed by atoms with Crippen LogP contribution in [0.1, 0.15) is 112 Å². The van der Waals surface area contributed by atoms with Crippen LogP contribution >= 0.6 is 0 Å². The normalized spacial score (nSPS) is 45.0. The van der Waals surface area contributed by atoms with Crippen molar-refractivity contribution in [3.8, 4) is 0 Å². The number of hydrogen-bond donors (Lipinski definition) is 3. The third-order valence-corrected chi connectivity index (χ3v) is 12.4. The highest BCUT2D eigenvalue weighted by Gasteiger charge is 2.90. The lowest BCUT2D eigenvalue weighted by Gasteiger charge is -2.61. The Hall–Kier alpha value is -1.92. The number of carbonyl (C=O) groups is 2. The molecule has 0 unspecified atom stereocenters. The van der Waals surface area contributed by atoms with Crippen LogP contribution in [-0.4, -0.2) is 86.5 Å². The van der Waals surface area contributed by atoms with Crippen LogP contribution in [0, 0.1) is 17.8 Å². The Labute approximate surface area is 284 Å². The highest BCUT2D eigenvalue weighted by Crippen LogP contribution is 2.73. The predicted molar refractivity (Wildman–Crippen MR) is 176 cm³/mol. The Morgan fingerprint density at radius 3 is 2.21 bits per heavy atom. The molecule has 0 amide bonds. The van der Waals surface area contributed by atoms with Gasteiger partial charge in [-0.15, -0.1) is 0 Å². The zero-order chi connectivity index (χ0) is 34.7. The molecule has 3 saturated heterocycles. The van der Waals surface area contributed by atoms with E-state index in [2.05, 4.69) is 13.5 Å². The zero-order valence-corrected chi connectivity index (χ0v) is 29.4. The molecule has 0 radical (unpaired) electrons. The van der Waals surface area contributed by atoms with Gasteiger partial charge in [-0.3, -0.25) is 9.59 Å². The number of Topliss-reactive ketones (excluding diaryl/α,β-unsaturated/α-hetero) is 1. The maximum Gasteiger partial charge on any atom is 0.306 e. The van der Waals surface area contributed by atoms with E-state index in [1.807, 2.05) is 13.0 Å². The molecule has 10 nitrogen and oxygen atoms in total. The fourth-order valence-electron chi connectivity index (χ4n) is 9.96. The molecule has 3 heterocycles.